The zero-order valence-corrected chi connectivity index (χ0v) is 11.7. The van der Waals surface area contributed by atoms with Crippen LogP contribution in [0.2, 0.25) is 0 Å². The monoisotopic (exact) mass is 346 g/mol. The molecular weight excluding hydrogens is 339 g/mol. The van der Waals surface area contributed by atoms with Gasteiger partial charge in [0.05, 0.1) is 4.83 Å². The molecule has 0 bridgehead atoms. The van der Waals surface area contributed by atoms with Gasteiger partial charge in [0.15, 0.2) is 4.67 Å². The number of furan rings is 1. The molecular formula is C12H9Br2FO. The summed E-state index contributed by atoms with van der Waals surface area (Å²) in [7, 11) is 0. The summed E-state index contributed by atoms with van der Waals surface area (Å²) in [6.45, 7) is 1.75. The first-order valence-corrected chi connectivity index (χ1v) is 6.44. The van der Waals surface area contributed by atoms with Gasteiger partial charge in [-0.25, -0.2) is 4.39 Å². The number of rotatable bonds is 2. The normalized spacial score (nSPS) is 12.8. The minimum atomic E-state index is -0.191. The van der Waals surface area contributed by atoms with E-state index in [0.29, 0.717) is 10.2 Å². The van der Waals surface area contributed by atoms with Gasteiger partial charge < -0.3 is 4.42 Å². The highest BCUT2D eigenvalue weighted by Crippen LogP contribution is 2.33. The van der Waals surface area contributed by atoms with Gasteiger partial charge in [-0.3, -0.25) is 0 Å². The largest absolute Gasteiger partial charge is 0.453 e. The molecule has 2 aromatic rings. The van der Waals surface area contributed by atoms with Crippen molar-refractivity contribution in [2.24, 2.45) is 0 Å². The molecule has 0 spiro atoms. The van der Waals surface area contributed by atoms with E-state index in [-0.39, 0.29) is 10.6 Å². The lowest BCUT2D eigenvalue weighted by Crippen LogP contribution is -1.93. The molecule has 0 radical (unpaired) electrons. The average molecular weight is 348 g/mol. The molecule has 0 aliphatic carbocycles. The van der Waals surface area contributed by atoms with Crippen molar-refractivity contribution in [1.29, 1.82) is 0 Å². The van der Waals surface area contributed by atoms with E-state index in [1.54, 1.807) is 13.0 Å². The van der Waals surface area contributed by atoms with Gasteiger partial charge in [0, 0.05) is 0 Å². The van der Waals surface area contributed by atoms with E-state index in [0.717, 1.165) is 11.3 Å². The van der Waals surface area contributed by atoms with Crippen LogP contribution in [0.25, 0.3) is 0 Å². The van der Waals surface area contributed by atoms with Crippen LogP contribution in [0.3, 0.4) is 0 Å². The van der Waals surface area contributed by atoms with Gasteiger partial charge in [-0.2, -0.15) is 0 Å². The Balaban J connectivity index is 2.33. The zero-order chi connectivity index (χ0) is 11.7. The minimum Gasteiger partial charge on any atom is -0.453 e. The molecule has 0 amide bonds. The van der Waals surface area contributed by atoms with E-state index in [9.17, 15) is 4.39 Å². The molecule has 1 heterocycles. The first kappa shape index (κ1) is 11.9. The summed E-state index contributed by atoms with van der Waals surface area (Å²) in [5.41, 5.74) is 1.60. The minimum absolute atomic E-state index is 0.0573. The second-order valence-corrected chi connectivity index (χ2v) is 5.21. The van der Waals surface area contributed by atoms with Crippen molar-refractivity contribution in [3.8, 4) is 0 Å². The summed E-state index contributed by atoms with van der Waals surface area (Å²) < 4.78 is 19.3. The molecule has 0 saturated heterocycles. The van der Waals surface area contributed by atoms with Crippen molar-refractivity contribution in [3.05, 3.63) is 57.7 Å². The molecule has 1 atom stereocenters. The Labute approximate surface area is 110 Å². The predicted octanol–water partition coefficient (Wildman–Crippen LogP) is 4.97. The van der Waals surface area contributed by atoms with Gasteiger partial charge >= 0.3 is 0 Å². The van der Waals surface area contributed by atoms with E-state index in [4.69, 9.17) is 4.42 Å². The van der Waals surface area contributed by atoms with Crippen molar-refractivity contribution in [2.45, 2.75) is 11.8 Å². The van der Waals surface area contributed by atoms with Crippen LogP contribution >= 0.6 is 31.9 Å². The molecule has 16 heavy (non-hydrogen) atoms. The van der Waals surface area contributed by atoms with Gasteiger partial charge in [-0.05, 0) is 52.2 Å². The van der Waals surface area contributed by atoms with Crippen molar-refractivity contribution in [1.82, 2.24) is 0 Å². The topological polar surface area (TPSA) is 13.1 Å². The molecule has 1 aromatic heterocycles. The van der Waals surface area contributed by atoms with Gasteiger partial charge in [-0.15, -0.1) is 0 Å². The molecule has 2 rings (SSSR count). The molecule has 0 aliphatic rings. The maximum absolute atomic E-state index is 13.1. The fourth-order valence-corrected chi connectivity index (χ4v) is 2.30. The lowest BCUT2D eigenvalue weighted by molar-refractivity contribution is 0.497. The van der Waals surface area contributed by atoms with Crippen LogP contribution in [0, 0.1) is 12.7 Å². The third kappa shape index (κ3) is 2.38. The van der Waals surface area contributed by atoms with Gasteiger partial charge in [0.1, 0.15) is 11.6 Å². The number of benzene rings is 1. The highest BCUT2D eigenvalue weighted by molar-refractivity contribution is 9.10. The van der Waals surface area contributed by atoms with Crippen molar-refractivity contribution in [2.75, 3.05) is 0 Å². The average Bonchev–Trinajstić information content (AvgIpc) is 2.68. The molecule has 1 nitrogen and oxygen atoms in total. The van der Waals surface area contributed by atoms with Crippen LogP contribution in [0.5, 0.6) is 0 Å². The van der Waals surface area contributed by atoms with Crippen LogP contribution in [0.15, 0.2) is 39.4 Å². The summed E-state index contributed by atoms with van der Waals surface area (Å²) in [4.78, 5) is -0.0573. The fourth-order valence-electron chi connectivity index (χ4n) is 1.45. The Hall–Kier alpha value is -0.610. The summed E-state index contributed by atoms with van der Waals surface area (Å²) in [5.74, 6) is 0.599. The Morgan fingerprint density at radius 2 is 2.00 bits per heavy atom. The van der Waals surface area contributed by atoms with Gasteiger partial charge in [0.2, 0.25) is 0 Å². The number of alkyl halides is 1. The predicted molar refractivity (Wildman–Crippen MR) is 68.3 cm³/mol. The summed E-state index contributed by atoms with van der Waals surface area (Å²) >= 11 is 6.78. The van der Waals surface area contributed by atoms with E-state index in [1.807, 2.05) is 18.2 Å². The molecule has 0 fully saturated rings. The quantitative estimate of drug-likeness (QED) is 0.699. The highest BCUT2D eigenvalue weighted by Gasteiger charge is 2.15. The zero-order valence-electron chi connectivity index (χ0n) is 8.51. The third-order valence-electron chi connectivity index (χ3n) is 2.32. The smallest absolute Gasteiger partial charge is 0.169 e. The molecule has 4 heteroatoms. The first-order valence-electron chi connectivity index (χ1n) is 4.73. The molecule has 1 unspecified atom stereocenters. The molecule has 0 aliphatic heterocycles. The number of aryl methyl sites for hydroxylation is 1. The van der Waals surface area contributed by atoms with Crippen LogP contribution in [-0.2, 0) is 0 Å². The third-order valence-corrected chi connectivity index (χ3v) is 3.72. The molecule has 0 N–H and O–H groups in total. The Kier molecular flexibility index (Phi) is 3.50. The Bertz CT molecular complexity index is 507. The number of halogens is 3. The van der Waals surface area contributed by atoms with E-state index >= 15 is 0 Å². The standard InChI is InChI=1S/C12H9Br2FO/c1-7-6-8(2-3-9(7)15)12(14)10-4-5-11(13)16-10/h2-6,12H,1H3. The molecule has 0 saturated carbocycles. The van der Waals surface area contributed by atoms with Crippen molar-refractivity contribution < 1.29 is 8.81 Å². The maximum Gasteiger partial charge on any atom is 0.169 e. The Morgan fingerprint density at radius 1 is 1.25 bits per heavy atom. The Morgan fingerprint density at radius 3 is 2.56 bits per heavy atom. The summed E-state index contributed by atoms with van der Waals surface area (Å²) in [6.07, 6.45) is 0. The molecule has 1 aromatic carbocycles. The van der Waals surface area contributed by atoms with Crippen LogP contribution < -0.4 is 0 Å². The van der Waals surface area contributed by atoms with Crippen LogP contribution in [-0.4, -0.2) is 0 Å². The maximum atomic E-state index is 13.1. The number of hydrogen-bond acceptors (Lipinski definition) is 1. The van der Waals surface area contributed by atoms with E-state index in [1.165, 1.54) is 6.07 Å². The van der Waals surface area contributed by atoms with Crippen molar-refractivity contribution in [3.63, 3.8) is 0 Å². The lowest BCUT2D eigenvalue weighted by atomic mass is 10.1. The van der Waals surface area contributed by atoms with Crippen LogP contribution in [0.4, 0.5) is 4.39 Å². The fraction of sp³-hybridized carbons (Fsp3) is 0.167. The SMILES string of the molecule is Cc1cc(C(Br)c2ccc(Br)o2)ccc1F. The van der Waals surface area contributed by atoms with Gasteiger partial charge in [-0.1, -0.05) is 28.1 Å². The molecule has 84 valence electrons. The summed E-state index contributed by atoms with van der Waals surface area (Å²) in [5, 5.41) is 0. The lowest BCUT2D eigenvalue weighted by Gasteiger charge is -2.08. The van der Waals surface area contributed by atoms with E-state index < -0.39 is 0 Å². The second kappa shape index (κ2) is 4.72. The van der Waals surface area contributed by atoms with Crippen LogP contribution in [0.1, 0.15) is 21.7 Å². The van der Waals surface area contributed by atoms with E-state index in [2.05, 4.69) is 31.9 Å². The van der Waals surface area contributed by atoms with Crippen molar-refractivity contribution >= 4 is 31.9 Å². The second-order valence-electron chi connectivity index (χ2n) is 3.51. The first-order chi connectivity index (χ1) is 7.58. The highest BCUT2D eigenvalue weighted by atomic mass is 79.9. The summed E-state index contributed by atoms with van der Waals surface area (Å²) in [6, 6.07) is 8.74. The van der Waals surface area contributed by atoms with Gasteiger partial charge in [0.25, 0.3) is 0 Å². The number of hydrogen-bond donors (Lipinski definition) is 0.